The lowest BCUT2D eigenvalue weighted by Gasteiger charge is -2.37. The van der Waals surface area contributed by atoms with Gasteiger partial charge in [0.1, 0.15) is 0 Å². The first-order chi connectivity index (χ1) is 15.9. The quantitative estimate of drug-likeness (QED) is 0.748. The van der Waals surface area contributed by atoms with Crippen LogP contribution in [0.2, 0.25) is 0 Å². The summed E-state index contributed by atoms with van der Waals surface area (Å²) in [5.41, 5.74) is 3.00. The Kier molecular flexibility index (Phi) is 6.07. The molecule has 0 saturated carbocycles. The summed E-state index contributed by atoms with van der Waals surface area (Å²) in [5.74, 6) is -3.62. The van der Waals surface area contributed by atoms with Gasteiger partial charge in [-0.2, -0.15) is 8.78 Å². The zero-order valence-corrected chi connectivity index (χ0v) is 18.6. The highest BCUT2D eigenvalue weighted by molar-refractivity contribution is 5.97. The molecule has 1 atom stereocenters. The van der Waals surface area contributed by atoms with Crippen molar-refractivity contribution in [3.8, 4) is 0 Å². The molecule has 3 aliphatic heterocycles. The topological polar surface area (TPSA) is 56.3 Å². The highest BCUT2D eigenvalue weighted by atomic mass is 19.3. The van der Waals surface area contributed by atoms with Gasteiger partial charge < -0.3 is 19.6 Å². The minimum Gasteiger partial charge on any atom is -0.390 e. The van der Waals surface area contributed by atoms with Crippen LogP contribution in [0.1, 0.15) is 27.0 Å². The van der Waals surface area contributed by atoms with E-state index in [2.05, 4.69) is 17.0 Å². The molecule has 1 N–H and O–H groups in total. The number of fused-ring (bicyclic) bond motifs is 2. The molecule has 33 heavy (non-hydrogen) atoms. The zero-order chi connectivity index (χ0) is 23.0. The zero-order valence-electron chi connectivity index (χ0n) is 18.6. The fourth-order valence-corrected chi connectivity index (χ4v) is 5.07. The van der Waals surface area contributed by atoms with Crippen molar-refractivity contribution >= 4 is 11.6 Å². The summed E-state index contributed by atoms with van der Waals surface area (Å²) < 4.78 is 35.6. The van der Waals surface area contributed by atoms with Crippen molar-refractivity contribution in [3.05, 3.63) is 64.7 Å². The number of anilines is 1. The molecule has 8 heteroatoms. The van der Waals surface area contributed by atoms with E-state index in [1.165, 1.54) is 23.3 Å². The van der Waals surface area contributed by atoms with Gasteiger partial charge in [-0.15, -0.1) is 0 Å². The maximum absolute atomic E-state index is 15.1. The van der Waals surface area contributed by atoms with Crippen molar-refractivity contribution < 1.29 is 23.4 Å². The van der Waals surface area contributed by atoms with Gasteiger partial charge in [0.25, 0.3) is 11.8 Å². The Bertz CT molecular complexity index is 1030. The molecule has 0 spiro atoms. The second-order valence-corrected chi connectivity index (χ2v) is 9.13. The fourth-order valence-electron chi connectivity index (χ4n) is 5.07. The van der Waals surface area contributed by atoms with Crippen molar-refractivity contribution in [2.45, 2.75) is 25.0 Å². The molecule has 0 unspecified atom stereocenters. The molecule has 1 amide bonds. The van der Waals surface area contributed by atoms with E-state index in [0.29, 0.717) is 45.1 Å². The van der Waals surface area contributed by atoms with Crippen LogP contribution >= 0.6 is 0 Å². The van der Waals surface area contributed by atoms with E-state index in [0.717, 1.165) is 17.9 Å². The van der Waals surface area contributed by atoms with E-state index in [1.807, 2.05) is 17.0 Å². The van der Waals surface area contributed by atoms with Gasteiger partial charge in [-0.1, -0.05) is 24.3 Å². The van der Waals surface area contributed by atoms with Crippen molar-refractivity contribution in [2.24, 2.45) is 0 Å². The number of nitrogens with zero attached hydrogens (tertiary/aromatic N) is 3. The van der Waals surface area contributed by atoms with Crippen LogP contribution in [-0.4, -0.2) is 79.4 Å². The lowest BCUT2D eigenvalue weighted by molar-refractivity contribution is -0.0494. The van der Waals surface area contributed by atoms with E-state index in [9.17, 15) is 9.90 Å². The molecule has 6 nitrogen and oxygen atoms in total. The monoisotopic (exact) mass is 457 g/mol. The Morgan fingerprint density at radius 1 is 1.03 bits per heavy atom. The van der Waals surface area contributed by atoms with Crippen molar-refractivity contribution in [1.29, 1.82) is 0 Å². The number of hydrogen-bond acceptors (Lipinski definition) is 5. The number of halogens is 2. The second kappa shape index (κ2) is 9.00. The number of hydrogen-bond donors (Lipinski definition) is 1. The average molecular weight is 458 g/mol. The van der Waals surface area contributed by atoms with Gasteiger partial charge >= 0.3 is 0 Å². The standard InChI is InChI=1S/C25H29F2N3O3/c26-25(27)17-30(16-21(31)15-28-8-7-18-3-1-2-4-19(18)14-28)24(32)22-6-5-20(13-23(22)25)29-9-11-33-12-10-29/h1-6,13,21,31H,7-12,14-17H2/t21-/m1/s1. The largest absolute Gasteiger partial charge is 0.390 e. The van der Waals surface area contributed by atoms with Gasteiger partial charge in [-0.05, 0) is 35.7 Å². The number of alkyl halides is 2. The third-order valence-corrected chi connectivity index (χ3v) is 6.79. The van der Waals surface area contributed by atoms with Gasteiger partial charge in [-0.25, -0.2) is 0 Å². The third kappa shape index (κ3) is 4.60. The third-order valence-electron chi connectivity index (χ3n) is 6.79. The molecular weight excluding hydrogens is 428 g/mol. The number of benzene rings is 2. The van der Waals surface area contributed by atoms with Crippen molar-refractivity contribution in [3.63, 3.8) is 0 Å². The van der Waals surface area contributed by atoms with Gasteiger partial charge in [0.05, 0.1) is 25.9 Å². The van der Waals surface area contributed by atoms with E-state index in [-0.39, 0.29) is 17.7 Å². The lowest BCUT2D eigenvalue weighted by Crippen LogP contribution is -2.50. The predicted molar refractivity (Wildman–Crippen MR) is 121 cm³/mol. The highest BCUT2D eigenvalue weighted by Gasteiger charge is 2.44. The Hall–Kier alpha value is -2.55. The Morgan fingerprint density at radius 2 is 1.79 bits per heavy atom. The first-order valence-corrected chi connectivity index (χ1v) is 11.5. The molecule has 5 rings (SSSR count). The van der Waals surface area contributed by atoms with Gasteiger partial charge in [0.15, 0.2) is 0 Å². The van der Waals surface area contributed by atoms with Crippen LogP contribution in [0.25, 0.3) is 0 Å². The number of β-amino-alcohol motifs (C(OH)–C–C–N with tert-alkyl or cyclic N) is 1. The minimum atomic E-state index is -3.17. The molecule has 0 aromatic heterocycles. The van der Waals surface area contributed by atoms with Gasteiger partial charge in [0.2, 0.25) is 0 Å². The van der Waals surface area contributed by atoms with Crippen molar-refractivity contribution in [1.82, 2.24) is 9.80 Å². The summed E-state index contributed by atoms with van der Waals surface area (Å²) in [6.07, 6.45) is -0.00757. The first-order valence-electron chi connectivity index (χ1n) is 11.5. The van der Waals surface area contributed by atoms with Crippen LogP contribution in [0.5, 0.6) is 0 Å². The molecule has 2 aromatic rings. The van der Waals surface area contributed by atoms with Crippen LogP contribution in [-0.2, 0) is 23.6 Å². The number of morpholine rings is 1. The van der Waals surface area contributed by atoms with E-state index in [1.54, 1.807) is 6.07 Å². The predicted octanol–water partition coefficient (Wildman–Crippen LogP) is 2.49. The van der Waals surface area contributed by atoms with Crippen LogP contribution in [0.4, 0.5) is 14.5 Å². The summed E-state index contributed by atoms with van der Waals surface area (Å²) in [6.45, 7) is 3.40. The molecule has 176 valence electrons. The number of aliphatic hydroxyl groups excluding tert-OH is 1. The molecule has 2 aromatic carbocycles. The van der Waals surface area contributed by atoms with E-state index < -0.39 is 24.5 Å². The van der Waals surface area contributed by atoms with Crippen LogP contribution < -0.4 is 4.90 Å². The minimum absolute atomic E-state index is 0.0161. The Balaban J connectivity index is 1.26. The fraction of sp³-hybridized carbons (Fsp3) is 0.480. The van der Waals surface area contributed by atoms with Gasteiger partial charge in [0, 0.05) is 56.1 Å². The smallest absolute Gasteiger partial charge is 0.291 e. The van der Waals surface area contributed by atoms with Gasteiger partial charge in [-0.3, -0.25) is 9.69 Å². The summed E-state index contributed by atoms with van der Waals surface area (Å²) in [7, 11) is 0. The Morgan fingerprint density at radius 3 is 2.58 bits per heavy atom. The molecule has 3 heterocycles. The summed E-state index contributed by atoms with van der Waals surface area (Å²) in [4.78, 5) is 18.2. The number of aliphatic hydroxyl groups is 1. The molecule has 1 fully saturated rings. The van der Waals surface area contributed by atoms with E-state index in [4.69, 9.17) is 4.74 Å². The SMILES string of the molecule is O=C1c2ccc(N3CCOCC3)cc2C(F)(F)CN1C[C@H](O)CN1CCc2ccccc2C1. The maximum Gasteiger partial charge on any atom is 0.291 e. The van der Waals surface area contributed by atoms with Crippen molar-refractivity contribution in [2.75, 3.05) is 57.4 Å². The second-order valence-electron chi connectivity index (χ2n) is 9.13. The number of carbonyl (C=O) groups is 1. The number of rotatable bonds is 5. The van der Waals surface area contributed by atoms with E-state index >= 15 is 8.78 Å². The number of amides is 1. The molecule has 3 aliphatic rings. The lowest BCUT2D eigenvalue weighted by atomic mass is 9.94. The molecule has 0 aliphatic carbocycles. The van der Waals surface area contributed by atoms with Crippen LogP contribution in [0.15, 0.2) is 42.5 Å². The summed E-state index contributed by atoms with van der Waals surface area (Å²) in [6, 6.07) is 12.9. The first kappa shape index (κ1) is 22.3. The molecule has 1 saturated heterocycles. The molecular formula is C25H29F2N3O3. The average Bonchev–Trinajstić information content (AvgIpc) is 2.82. The molecule has 0 bridgehead atoms. The van der Waals surface area contributed by atoms with Crippen LogP contribution in [0, 0.1) is 0 Å². The summed E-state index contributed by atoms with van der Waals surface area (Å²) >= 11 is 0. The highest BCUT2D eigenvalue weighted by Crippen LogP contribution is 2.38. The normalized spacial score (nSPS) is 21.5. The summed E-state index contributed by atoms with van der Waals surface area (Å²) in [5, 5.41) is 10.7. The molecule has 0 radical (unpaired) electrons. The number of carbonyl (C=O) groups excluding carboxylic acids is 1. The van der Waals surface area contributed by atoms with Crippen LogP contribution in [0.3, 0.4) is 0 Å². The maximum atomic E-state index is 15.1. The number of ether oxygens (including phenoxy) is 1. The Labute approximate surface area is 192 Å².